The molecule has 1 saturated carbocycles. The Morgan fingerprint density at radius 3 is 2.50 bits per heavy atom. The lowest BCUT2D eigenvalue weighted by atomic mass is 10.2. The molecule has 1 atom stereocenters. The molecule has 0 bridgehead atoms. The molecule has 2 fully saturated rings. The van der Waals surface area contributed by atoms with Gasteiger partial charge in [0, 0.05) is 24.7 Å². The van der Waals surface area contributed by atoms with Crippen LogP contribution in [0, 0.1) is 5.92 Å². The number of amides is 1. The molecular formula is C15H21ClN2O2. The summed E-state index contributed by atoms with van der Waals surface area (Å²) in [6, 6.07) is 7.57. The van der Waals surface area contributed by atoms with E-state index < -0.39 is 0 Å². The van der Waals surface area contributed by atoms with Gasteiger partial charge >= 0.3 is 0 Å². The van der Waals surface area contributed by atoms with Crippen molar-refractivity contribution >= 4 is 18.3 Å². The molecule has 5 heteroatoms. The first-order valence-corrected chi connectivity index (χ1v) is 7.00. The summed E-state index contributed by atoms with van der Waals surface area (Å²) in [7, 11) is 0. The van der Waals surface area contributed by atoms with Crippen LogP contribution in [0.1, 0.15) is 29.6 Å². The van der Waals surface area contributed by atoms with Gasteiger partial charge in [-0.1, -0.05) is 0 Å². The first-order valence-electron chi connectivity index (χ1n) is 7.00. The molecule has 1 amide bonds. The summed E-state index contributed by atoms with van der Waals surface area (Å²) in [4.78, 5) is 14.0. The van der Waals surface area contributed by atoms with Gasteiger partial charge in [-0.25, -0.2) is 0 Å². The molecule has 1 aromatic carbocycles. The maximum atomic E-state index is 12.2. The molecule has 1 aliphatic carbocycles. The standard InChI is InChI=1S/C15H20N2O2.ClH/c16-13-7-8-17(9-13)15(18)12-3-5-14(6-4-12)19-10-11-1-2-11;/h3-6,11,13H,1-2,7-10,16H2;1H/t13-;/m1./s1. The van der Waals surface area contributed by atoms with Gasteiger partial charge in [0.05, 0.1) is 6.61 Å². The van der Waals surface area contributed by atoms with Crippen molar-refractivity contribution in [1.29, 1.82) is 0 Å². The van der Waals surface area contributed by atoms with Crippen LogP contribution in [-0.2, 0) is 0 Å². The maximum absolute atomic E-state index is 12.2. The van der Waals surface area contributed by atoms with Crippen molar-refractivity contribution in [3.05, 3.63) is 29.8 Å². The lowest BCUT2D eigenvalue weighted by Gasteiger charge is -2.16. The Kier molecular flexibility index (Phi) is 4.89. The molecule has 2 aliphatic rings. The third-order valence-corrected chi connectivity index (χ3v) is 3.80. The zero-order chi connectivity index (χ0) is 13.2. The summed E-state index contributed by atoms with van der Waals surface area (Å²) in [5.41, 5.74) is 6.54. The Labute approximate surface area is 125 Å². The summed E-state index contributed by atoms with van der Waals surface area (Å²) in [6.45, 7) is 2.23. The van der Waals surface area contributed by atoms with E-state index >= 15 is 0 Å². The number of hydrogen-bond acceptors (Lipinski definition) is 3. The normalized spacial score (nSPS) is 21.4. The fraction of sp³-hybridized carbons (Fsp3) is 0.533. The van der Waals surface area contributed by atoms with Gasteiger partial charge < -0.3 is 15.4 Å². The van der Waals surface area contributed by atoms with Crippen LogP contribution >= 0.6 is 12.4 Å². The summed E-state index contributed by atoms with van der Waals surface area (Å²) < 4.78 is 5.66. The highest BCUT2D eigenvalue weighted by molar-refractivity contribution is 5.94. The van der Waals surface area contributed by atoms with E-state index in [0.29, 0.717) is 12.1 Å². The average molecular weight is 297 g/mol. The Hall–Kier alpha value is -1.26. The molecule has 1 heterocycles. The van der Waals surface area contributed by atoms with Crippen LogP contribution in [0.5, 0.6) is 5.75 Å². The minimum absolute atomic E-state index is 0. The minimum atomic E-state index is 0. The van der Waals surface area contributed by atoms with Crippen molar-refractivity contribution < 1.29 is 9.53 Å². The topological polar surface area (TPSA) is 55.6 Å². The third kappa shape index (κ3) is 3.64. The maximum Gasteiger partial charge on any atom is 0.253 e. The van der Waals surface area contributed by atoms with Gasteiger partial charge in [-0.15, -0.1) is 12.4 Å². The highest BCUT2D eigenvalue weighted by Crippen LogP contribution is 2.29. The highest BCUT2D eigenvalue weighted by atomic mass is 35.5. The lowest BCUT2D eigenvalue weighted by Crippen LogP contribution is -2.31. The first kappa shape index (κ1) is 15.1. The summed E-state index contributed by atoms with van der Waals surface area (Å²) in [5.74, 6) is 1.66. The molecule has 0 unspecified atom stereocenters. The Balaban J connectivity index is 0.00000147. The molecule has 1 aromatic rings. The van der Waals surface area contributed by atoms with Crippen molar-refractivity contribution in [2.45, 2.75) is 25.3 Å². The van der Waals surface area contributed by atoms with Crippen molar-refractivity contribution in [3.8, 4) is 5.75 Å². The summed E-state index contributed by atoms with van der Waals surface area (Å²) in [6.07, 6.45) is 3.46. The quantitative estimate of drug-likeness (QED) is 0.925. The number of nitrogens with two attached hydrogens (primary N) is 1. The molecule has 0 spiro atoms. The van der Waals surface area contributed by atoms with Gasteiger partial charge in [0.1, 0.15) is 5.75 Å². The van der Waals surface area contributed by atoms with Crippen LogP contribution in [0.2, 0.25) is 0 Å². The minimum Gasteiger partial charge on any atom is -0.493 e. The van der Waals surface area contributed by atoms with Gasteiger partial charge in [0.25, 0.3) is 5.91 Å². The molecule has 1 aliphatic heterocycles. The van der Waals surface area contributed by atoms with Gasteiger partial charge in [0.2, 0.25) is 0 Å². The van der Waals surface area contributed by atoms with Crippen LogP contribution in [0.25, 0.3) is 0 Å². The fourth-order valence-corrected chi connectivity index (χ4v) is 2.35. The van der Waals surface area contributed by atoms with Gasteiger partial charge in [0.15, 0.2) is 0 Å². The van der Waals surface area contributed by atoms with E-state index in [1.54, 1.807) is 0 Å². The number of benzene rings is 1. The van der Waals surface area contributed by atoms with Crippen LogP contribution < -0.4 is 10.5 Å². The number of ether oxygens (including phenoxy) is 1. The van der Waals surface area contributed by atoms with Gasteiger partial charge in [-0.2, -0.15) is 0 Å². The number of carbonyl (C=O) groups excluding carboxylic acids is 1. The van der Waals surface area contributed by atoms with Crippen LogP contribution in [0.15, 0.2) is 24.3 Å². The Morgan fingerprint density at radius 1 is 1.25 bits per heavy atom. The van der Waals surface area contributed by atoms with E-state index in [1.807, 2.05) is 29.2 Å². The second-order valence-electron chi connectivity index (χ2n) is 5.58. The molecule has 20 heavy (non-hydrogen) atoms. The average Bonchev–Trinajstić information content (AvgIpc) is 3.17. The number of likely N-dealkylation sites (tertiary alicyclic amines) is 1. The van der Waals surface area contributed by atoms with E-state index in [2.05, 4.69) is 0 Å². The molecule has 0 aromatic heterocycles. The van der Waals surface area contributed by atoms with E-state index in [-0.39, 0.29) is 24.4 Å². The van der Waals surface area contributed by atoms with E-state index in [1.165, 1.54) is 12.8 Å². The molecular weight excluding hydrogens is 276 g/mol. The summed E-state index contributed by atoms with van der Waals surface area (Å²) in [5, 5.41) is 0. The third-order valence-electron chi connectivity index (χ3n) is 3.80. The van der Waals surface area contributed by atoms with Crippen molar-refractivity contribution in [2.24, 2.45) is 11.7 Å². The molecule has 4 nitrogen and oxygen atoms in total. The lowest BCUT2D eigenvalue weighted by molar-refractivity contribution is 0.0791. The summed E-state index contributed by atoms with van der Waals surface area (Å²) >= 11 is 0. The zero-order valence-corrected chi connectivity index (χ0v) is 12.3. The second-order valence-corrected chi connectivity index (χ2v) is 5.58. The van der Waals surface area contributed by atoms with E-state index in [0.717, 1.165) is 31.2 Å². The molecule has 110 valence electrons. The van der Waals surface area contributed by atoms with Crippen LogP contribution in [0.3, 0.4) is 0 Å². The zero-order valence-electron chi connectivity index (χ0n) is 11.5. The predicted octanol–water partition coefficient (Wildman–Crippen LogP) is 2.07. The van der Waals surface area contributed by atoms with Gasteiger partial charge in [-0.05, 0) is 49.4 Å². The van der Waals surface area contributed by atoms with Crippen molar-refractivity contribution in [3.63, 3.8) is 0 Å². The monoisotopic (exact) mass is 296 g/mol. The molecule has 1 saturated heterocycles. The number of halogens is 1. The molecule has 0 radical (unpaired) electrons. The second kappa shape index (κ2) is 6.46. The number of rotatable bonds is 4. The number of hydrogen-bond donors (Lipinski definition) is 1. The Bertz CT molecular complexity index is 459. The van der Waals surface area contributed by atoms with Crippen molar-refractivity contribution in [2.75, 3.05) is 19.7 Å². The first-order chi connectivity index (χ1) is 9.22. The molecule has 2 N–H and O–H groups in total. The Morgan fingerprint density at radius 2 is 1.95 bits per heavy atom. The van der Waals surface area contributed by atoms with Crippen molar-refractivity contribution in [1.82, 2.24) is 4.90 Å². The SMILES string of the molecule is Cl.N[C@@H]1CCN(C(=O)c2ccc(OCC3CC3)cc2)C1. The van der Waals surface area contributed by atoms with Crippen LogP contribution in [0.4, 0.5) is 0 Å². The van der Waals surface area contributed by atoms with Gasteiger partial charge in [-0.3, -0.25) is 4.79 Å². The highest BCUT2D eigenvalue weighted by Gasteiger charge is 2.24. The largest absolute Gasteiger partial charge is 0.493 e. The molecule has 3 rings (SSSR count). The fourth-order valence-electron chi connectivity index (χ4n) is 2.35. The predicted molar refractivity (Wildman–Crippen MR) is 80.4 cm³/mol. The number of nitrogens with zero attached hydrogens (tertiary/aromatic N) is 1. The van der Waals surface area contributed by atoms with E-state index in [9.17, 15) is 4.79 Å². The van der Waals surface area contributed by atoms with Crippen LogP contribution in [-0.4, -0.2) is 36.5 Å². The number of carbonyl (C=O) groups is 1. The smallest absolute Gasteiger partial charge is 0.253 e. The van der Waals surface area contributed by atoms with E-state index in [4.69, 9.17) is 10.5 Å².